The molecule has 1 aromatic carbocycles. The Morgan fingerprint density at radius 2 is 2.30 bits per heavy atom. The van der Waals surface area contributed by atoms with E-state index >= 15 is 0 Å². The van der Waals surface area contributed by atoms with Crippen LogP contribution in [0.3, 0.4) is 0 Å². The Labute approximate surface area is 68.1 Å². The van der Waals surface area contributed by atoms with Crippen molar-refractivity contribution in [3.8, 4) is 0 Å². The van der Waals surface area contributed by atoms with Crippen molar-refractivity contribution >= 4 is 33.0 Å². The van der Waals surface area contributed by atoms with Gasteiger partial charge in [0.1, 0.15) is 0 Å². The lowest BCUT2D eigenvalue weighted by molar-refractivity contribution is 1.85. The molecular weight excluding hydrogens is 164 g/mol. The molecule has 0 atom stereocenters. The topological polar surface area (TPSA) is 0 Å². The minimum atomic E-state index is 0.823. The molecule has 0 aliphatic rings. The maximum atomic E-state index is 5.89. The molecule has 2 heteroatoms. The largest absolute Gasteiger partial charge is 0.142 e. The first-order valence-electron chi connectivity index (χ1n) is 2.91. The monoisotopic (exact) mass is 167 g/mol. The van der Waals surface area contributed by atoms with Gasteiger partial charge in [-0.15, -0.1) is 11.3 Å². The molecule has 0 bridgehead atoms. The van der Waals surface area contributed by atoms with Gasteiger partial charge in [0.15, 0.2) is 0 Å². The van der Waals surface area contributed by atoms with Crippen LogP contribution >= 0.6 is 22.9 Å². The van der Waals surface area contributed by atoms with Gasteiger partial charge in [-0.3, -0.25) is 0 Å². The second-order valence-electron chi connectivity index (χ2n) is 2.00. The molecule has 0 unspecified atom stereocenters. The number of thiophene rings is 1. The fourth-order valence-corrected chi connectivity index (χ4v) is 1.94. The Morgan fingerprint density at radius 3 is 3.10 bits per heavy atom. The van der Waals surface area contributed by atoms with E-state index in [0.29, 0.717) is 0 Å². The number of hydrogen-bond donors (Lipinski definition) is 0. The molecule has 0 N–H and O–H groups in total. The van der Waals surface area contributed by atoms with Crippen LogP contribution in [-0.4, -0.2) is 0 Å². The molecule has 0 aliphatic heterocycles. The van der Waals surface area contributed by atoms with Crippen molar-refractivity contribution in [3.63, 3.8) is 0 Å². The van der Waals surface area contributed by atoms with Gasteiger partial charge in [0, 0.05) is 11.5 Å². The number of hydrogen-bond acceptors (Lipinski definition) is 1. The fraction of sp³-hybridized carbons (Fsp3) is 0. The quantitative estimate of drug-likeness (QED) is 0.565. The summed E-state index contributed by atoms with van der Waals surface area (Å²) in [6.45, 7) is 0. The summed E-state index contributed by atoms with van der Waals surface area (Å²) >= 11 is 7.52. The highest BCUT2D eigenvalue weighted by Crippen LogP contribution is 2.27. The second kappa shape index (κ2) is 2.26. The lowest BCUT2D eigenvalue weighted by atomic mass is 10.3. The van der Waals surface area contributed by atoms with E-state index in [2.05, 4.69) is 6.07 Å². The van der Waals surface area contributed by atoms with Gasteiger partial charge in [-0.2, -0.15) is 0 Å². The van der Waals surface area contributed by atoms with Crippen molar-refractivity contribution in [1.82, 2.24) is 0 Å². The van der Waals surface area contributed by atoms with Crippen LogP contribution in [0.15, 0.2) is 23.6 Å². The standard InChI is InChI=1S/C8H4ClS/c9-7-3-1-2-6-4-5-10-8(6)7/h1-3,5H. The van der Waals surface area contributed by atoms with E-state index in [4.69, 9.17) is 11.6 Å². The van der Waals surface area contributed by atoms with Gasteiger partial charge in [-0.25, -0.2) is 0 Å². The van der Waals surface area contributed by atoms with E-state index in [0.717, 1.165) is 15.1 Å². The number of halogens is 1. The maximum Gasteiger partial charge on any atom is 0.0584 e. The van der Waals surface area contributed by atoms with Crippen molar-refractivity contribution in [1.29, 1.82) is 0 Å². The van der Waals surface area contributed by atoms with Crippen molar-refractivity contribution < 1.29 is 0 Å². The zero-order valence-corrected chi connectivity index (χ0v) is 6.67. The first-order chi connectivity index (χ1) is 4.88. The summed E-state index contributed by atoms with van der Waals surface area (Å²) in [6, 6.07) is 8.94. The van der Waals surface area contributed by atoms with Crippen LogP contribution in [0.5, 0.6) is 0 Å². The first-order valence-corrected chi connectivity index (χ1v) is 4.17. The van der Waals surface area contributed by atoms with Gasteiger partial charge < -0.3 is 0 Å². The smallest absolute Gasteiger partial charge is 0.0584 e. The van der Waals surface area contributed by atoms with Crippen LogP contribution in [0.1, 0.15) is 0 Å². The highest BCUT2D eigenvalue weighted by molar-refractivity contribution is 7.17. The molecule has 0 fully saturated rings. The number of benzene rings is 1. The van der Waals surface area contributed by atoms with Crippen LogP contribution < -0.4 is 0 Å². The first kappa shape index (κ1) is 6.20. The highest BCUT2D eigenvalue weighted by atomic mass is 35.5. The molecule has 2 rings (SSSR count). The van der Waals surface area contributed by atoms with Crippen LogP contribution in [0.25, 0.3) is 10.1 Å². The normalized spacial score (nSPS) is 10.5. The van der Waals surface area contributed by atoms with Crippen LogP contribution in [0, 0.1) is 6.07 Å². The van der Waals surface area contributed by atoms with E-state index in [9.17, 15) is 0 Å². The van der Waals surface area contributed by atoms with E-state index < -0.39 is 0 Å². The van der Waals surface area contributed by atoms with Crippen LogP contribution in [0.2, 0.25) is 5.02 Å². The Balaban J connectivity index is 2.95. The van der Waals surface area contributed by atoms with Crippen LogP contribution in [-0.2, 0) is 0 Å². The van der Waals surface area contributed by atoms with E-state index in [1.165, 1.54) is 0 Å². The fourth-order valence-electron chi connectivity index (χ4n) is 0.894. The van der Waals surface area contributed by atoms with Gasteiger partial charge in [0.05, 0.1) is 9.72 Å². The molecule has 0 spiro atoms. The Morgan fingerprint density at radius 1 is 1.40 bits per heavy atom. The summed E-state index contributed by atoms with van der Waals surface area (Å²) in [5.41, 5.74) is 0. The summed E-state index contributed by atoms with van der Waals surface area (Å²) in [5.74, 6) is 0. The molecule has 0 saturated carbocycles. The van der Waals surface area contributed by atoms with Gasteiger partial charge >= 0.3 is 0 Å². The molecule has 49 valence electrons. The van der Waals surface area contributed by atoms with Gasteiger partial charge in [-0.05, 0) is 11.4 Å². The number of fused-ring (bicyclic) bond motifs is 1. The predicted molar refractivity (Wildman–Crippen MR) is 45.7 cm³/mol. The predicted octanol–water partition coefficient (Wildman–Crippen LogP) is 3.35. The van der Waals surface area contributed by atoms with Crippen molar-refractivity contribution in [2.24, 2.45) is 0 Å². The lowest BCUT2D eigenvalue weighted by Gasteiger charge is -1.89. The van der Waals surface area contributed by atoms with E-state index in [1.54, 1.807) is 11.3 Å². The average molecular weight is 168 g/mol. The summed E-state index contributed by atoms with van der Waals surface area (Å²) < 4.78 is 1.13. The van der Waals surface area contributed by atoms with Gasteiger partial charge in [0.2, 0.25) is 0 Å². The Kier molecular flexibility index (Phi) is 1.40. The third-order valence-electron chi connectivity index (χ3n) is 1.36. The summed E-state index contributed by atoms with van der Waals surface area (Å²) in [6.07, 6.45) is 0. The average Bonchev–Trinajstić information content (AvgIpc) is 2.36. The molecule has 0 amide bonds. The van der Waals surface area contributed by atoms with E-state index in [-0.39, 0.29) is 0 Å². The molecule has 1 heterocycles. The van der Waals surface area contributed by atoms with Crippen molar-refractivity contribution in [2.45, 2.75) is 0 Å². The third-order valence-corrected chi connectivity index (χ3v) is 2.70. The molecule has 1 aromatic heterocycles. The number of rotatable bonds is 0. The van der Waals surface area contributed by atoms with Gasteiger partial charge in [-0.1, -0.05) is 23.7 Å². The Bertz CT molecular complexity index is 351. The molecular formula is C8H4ClS. The zero-order chi connectivity index (χ0) is 6.97. The third kappa shape index (κ3) is 0.825. The summed E-state index contributed by atoms with van der Waals surface area (Å²) in [4.78, 5) is 0. The highest BCUT2D eigenvalue weighted by Gasteiger charge is 1.97. The minimum absolute atomic E-state index is 0.823. The van der Waals surface area contributed by atoms with Crippen LogP contribution in [0.4, 0.5) is 0 Å². The second-order valence-corrected chi connectivity index (χ2v) is 3.28. The zero-order valence-electron chi connectivity index (χ0n) is 5.10. The Hall–Kier alpha value is -0.530. The van der Waals surface area contributed by atoms with Crippen molar-refractivity contribution in [2.75, 3.05) is 0 Å². The summed E-state index contributed by atoms with van der Waals surface area (Å²) in [7, 11) is 0. The molecule has 1 radical (unpaired) electrons. The van der Waals surface area contributed by atoms with Crippen molar-refractivity contribution in [3.05, 3.63) is 34.7 Å². The molecule has 0 aliphatic carbocycles. The van der Waals surface area contributed by atoms with E-state index in [1.807, 2.05) is 23.6 Å². The molecule has 0 nitrogen and oxygen atoms in total. The van der Waals surface area contributed by atoms with Gasteiger partial charge in [0.25, 0.3) is 0 Å². The molecule has 0 saturated heterocycles. The SMILES string of the molecule is Clc1cccc2[c]csc12. The summed E-state index contributed by atoms with van der Waals surface area (Å²) in [5, 5.41) is 3.86. The minimum Gasteiger partial charge on any atom is -0.142 e. The molecule has 2 aromatic rings. The lowest BCUT2D eigenvalue weighted by Crippen LogP contribution is -1.62. The maximum absolute atomic E-state index is 5.89. The molecule has 10 heavy (non-hydrogen) atoms.